The predicted octanol–water partition coefficient (Wildman–Crippen LogP) is 1.87. The maximum Gasteiger partial charge on any atom is 0.248 e. The van der Waals surface area contributed by atoms with Crippen LogP contribution in [0.2, 0.25) is 0 Å². The highest BCUT2D eigenvalue weighted by Crippen LogP contribution is 2.28. The fourth-order valence-corrected chi connectivity index (χ4v) is 1.96. The third-order valence-corrected chi connectivity index (χ3v) is 3.43. The average Bonchev–Trinajstić information content (AvgIpc) is 3.12. The summed E-state index contributed by atoms with van der Waals surface area (Å²) in [5, 5.41) is 6.65. The molecule has 1 aliphatic rings. The summed E-state index contributed by atoms with van der Waals surface area (Å²) in [6.07, 6.45) is 1.21. The van der Waals surface area contributed by atoms with Gasteiger partial charge in [0.1, 0.15) is 0 Å². The first-order chi connectivity index (χ1) is 9.60. The molecular formula is C15H23IN4O. The molecule has 2 atom stereocenters. The molecule has 0 bridgehead atoms. The van der Waals surface area contributed by atoms with Crippen LogP contribution in [0.15, 0.2) is 29.3 Å². The number of hydrogen-bond acceptors (Lipinski definition) is 2. The number of nitrogens with one attached hydrogen (secondary N) is 2. The van der Waals surface area contributed by atoms with Crippen molar-refractivity contribution in [1.82, 2.24) is 10.6 Å². The third-order valence-electron chi connectivity index (χ3n) is 3.43. The fraction of sp³-hybridized carbons (Fsp3) is 0.467. The number of benzene rings is 1. The molecule has 1 fully saturated rings. The first-order valence-corrected chi connectivity index (χ1v) is 7.03. The van der Waals surface area contributed by atoms with Gasteiger partial charge >= 0.3 is 0 Å². The Bertz CT molecular complexity index is 501. The van der Waals surface area contributed by atoms with Crippen LogP contribution in [0.1, 0.15) is 36.2 Å². The van der Waals surface area contributed by atoms with Gasteiger partial charge in [-0.15, -0.1) is 24.0 Å². The molecule has 0 heterocycles. The highest BCUT2D eigenvalue weighted by Gasteiger charge is 2.33. The van der Waals surface area contributed by atoms with E-state index >= 15 is 0 Å². The maximum absolute atomic E-state index is 11.0. The quantitative estimate of drug-likeness (QED) is 0.400. The van der Waals surface area contributed by atoms with E-state index in [9.17, 15) is 4.79 Å². The lowest BCUT2D eigenvalue weighted by atomic mass is 10.1. The number of primary amides is 1. The number of halogens is 1. The molecular weight excluding hydrogens is 379 g/mol. The number of carbonyl (C=O) groups excluding carboxylic acids is 1. The van der Waals surface area contributed by atoms with Gasteiger partial charge in [-0.2, -0.15) is 0 Å². The van der Waals surface area contributed by atoms with Crippen LogP contribution in [0, 0.1) is 5.92 Å². The van der Waals surface area contributed by atoms with Gasteiger partial charge in [0, 0.05) is 18.2 Å². The second kappa shape index (κ2) is 8.21. The smallest absolute Gasteiger partial charge is 0.248 e. The molecule has 6 heteroatoms. The molecule has 116 valence electrons. The topological polar surface area (TPSA) is 79.5 Å². The zero-order valence-corrected chi connectivity index (χ0v) is 14.8. The van der Waals surface area contributed by atoms with Crippen LogP contribution in [0.25, 0.3) is 0 Å². The van der Waals surface area contributed by atoms with Crippen LogP contribution in [0.3, 0.4) is 0 Å². The van der Waals surface area contributed by atoms with Crippen molar-refractivity contribution in [3.05, 3.63) is 35.4 Å². The lowest BCUT2D eigenvalue weighted by molar-refractivity contribution is 0.100. The molecule has 2 unspecified atom stereocenters. The number of hydrogen-bond donors (Lipinski definition) is 3. The van der Waals surface area contributed by atoms with E-state index in [1.807, 2.05) is 12.1 Å². The van der Waals surface area contributed by atoms with Gasteiger partial charge < -0.3 is 16.4 Å². The summed E-state index contributed by atoms with van der Waals surface area (Å²) in [5.41, 5.74) is 6.79. The predicted molar refractivity (Wildman–Crippen MR) is 95.9 cm³/mol. The molecule has 2 rings (SSSR count). The highest BCUT2D eigenvalue weighted by molar-refractivity contribution is 14.0. The van der Waals surface area contributed by atoms with Gasteiger partial charge in [0.2, 0.25) is 5.91 Å². The Morgan fingerprint density at radius 2 is 2.00 bits per heavy atom. The second-order valence-corrected chi connectivity index (χ2v) is 5.22. The number of carbonyl (C=O) groups is 1. The summed E-state index contributed by atoms with van der Waals surface area (Å²) < 4.78 is 0. The van der Waals surface area contributed by atoms with Gasteiger partial charge in [0.25, 0.3) is 0 Å². The lowest BCUT2D eigenvalue weighted by Gasteiger charge is -2.10. The van der Waals surface area contributed by atoms with E-state index in [0.29, 0.717) is 18.2 Å². The first-order valence-electron chi connectivity index (χ1n) is 7.03. The van der Waals surface area contributed by atoms with Crippen LogP contribution in [-0.2, 0) is 6.54 Å². The largest absolute Gasteiger partial charge is 0.366 e. The summed E-state index contributed by atoms with van der Waals surface area (Å²) in [6.45, 7) is 5.70. The van der Waals surface area contributed by atoms with E-state index in [2.05, 4.69) is 29.5 Å². The zero-order valence-electron chi connectivity index (χ0n) is 12.4. The Hall–Kier alpha value is -1.31. The van der Waals surface area contributed by atoms with Crippen LogP contribution >= 0.6 is 24.0 Å². The van der Waals surface area contributed by atoms with Crippen molar-refractivity contribution in [2.75, 3.05) is 6.54 Å². The lowest BCUT2D eigenvalue weighted by Crippen LogP contribution is -2.39. The van der Waals surface area contributed by atoms with Crippen molar-refractivity contribution in [3.8, 4) is 0 Å². The van der Waals surface area contributed by atoms with Crippen LogP contribution in [0.4, 0.5) is 0 Å². The molecule has 21 heavy (non-hydrogen) atoms. The highest BCUT2D eigenvalue weighted by atomic mass is 127. The van der Waals surface area contributed by atoms with E-state index in [-0.39, 0.29) is 24.0 Å². The molecule has 0 spiro atoms. The Balaban J connectivity index is 0.00000220. The molecule has 0 radical (unpaired) electrons. The molecule has 1 saturated carbocycles. The maximum atomic E-state index is 11.0. The van der Waals surface area contributed by atoms with Gasteiger partial charge in [0.15, 0.2) is 5.96 Å². The molecule has 0 aromatic heterocycles. The normalized spacial score (nSPS) is 20.4. The Labute approximate surface area is 142 Å². The van der Waals surface area contributed by atoms with E-state index in [0.717, 1.165) is 24.0 Å². The van der Waals surface area contributed by atoms with Crippen LogP contribution in [-0.4, -0.2) is 24.5 Å². The summed E-state index contributed by atoms with van der Waals surface area (Å²) >= 11 is 0. The number of rotatable bonds is 5. The SMILES string of the molecule is CCNC(=NCc1ccc(C(N)=O)cc1)NC1CC1C.I. The standard InChI is InChI=1S/C15H22N4O.HI/c1-3-17-15(19-13-8-10(13)2)18-9-11-4-6-12(7-5-11)14(16)20;/h4-7,10,13H,3,8-9H2,1-2H3,(H2,16,20)(H2,17,18,19);1H. The Morgan fingerprint density at radius 3 is 2.48 bits per heavy atom. The molecule has 5 nitrogen and oxygen atoms in total. The molecule has 1 aromatic carbocycles. The molecule has 1 aliphatic carbocycles. The van der Waals surface area contributed by atoms with Crippen molar-refractivity contribution in [2.24, 2.45) is 16.6 Å². The average molecular weight is 402 g/mol. The van der Waals surface area contributed by atoms with Crippen LogP contribution in [0.5, 0.6) is 0 Å². The monoisotopic (exact) mass is 402 g/mol. The van der Waals surface area contributed by atoms with Crippen molar-refractivity contribution < 1.29 is 4.79 Å². The van der Waals surface area contributed by atoms with Crippen molar-refractivity contribution >= 4 is 35.8 Å². The van der Waals surface area contributed by atoms with E-state index < -0.39 is 5.91 Å². The molecule has 0 saturated heterocycles. The van der Waals surface area contributed by atoms with E-state index in [1.165, 1.54) is 6.42 Å². The molecule has 4 N–H and O–H groups in total. The molecule has 1 amide bonds. The zero-order chi connectivity index (χ0) is 14.5. The second-order valence-electron chi connectivity index (χ2n) is 5.22. The summed E-state index contributed by atoms with van der Waals surface area (Å²) in [4.78, 5) is 15.5. The number of nitrogens with zero attached hydrogens (tertiary/aromatic N) is 1. The number of amides is 1. The minimum absolute atomic E-state index is 0. The number of nitrogens with two attached hydrogens (primary N) is 1. The minimum atomic E-state index is -0.405. The van der Waals surface area contributed by atoms with Gasteiger partial charge in [-0.3, -0.25) is 4.79 Å². The fourth-order valence-electron chi connectivity index (χ4n) is 1.96. The van der Waals surface area contributed by atoms with Gasteiger partial charge in [-0.1, -0.05) is 19.1 Å². The first kappa shape index (κ1) is 17.7. The molecule has 1 aromatic rings. The van der Waals surface area contributed by atoms with Gasteiger partial charge in [-0.25, -0.2) is 4.99 Å². The van der Waals surface area contributed by atoms with Gasteiger partial charge in [0.05, 0.1) is 6.54 Å². The Kier molecular flexibility index (Phi) is 6.94. The summed E-state index contributed by atoms with van der Waals surface area (Å²) in [6, 6.07) is 7.78. The van der Waals surface area contributed by atoms with Crippen molar-refractivity contribution in [1.29, 1.82) is 0 Å². The van der Waals surface area contributed by atoms with Crippen molar-refractivity contribution in [2.45, 2.75) is 32.9 Å². The minimum Gasteiger partial charge on any atom is -0.366 e. The number of aliphatic imine (C=N–C) groups is 1. The van der Waals surface area contributed by atoms with Crippen LogP contribution < -0.4 is 16.4 Å². The van der Waals surface area contributed by atoms with E-state index in [1.54, 1.807) is 12.1 Å². The summed E-state index contributed by atoms with van der Waals surface area (Å²) in [5.74, 6) is 1.17. The van der Waals surface area contributed by atoms with Crippen molar-refractivity contribution in [3.63, 3.8) is 0 Å². The molecule has 0 aliphatic heterocycles. The third kappa shape index (κ3) is 5.53. The number of guanidine groups is 1. The van der Waals surface area contributed by atoms with E-state index in [4.69, 9.17) is 5.73 Å². The van der Waals surface area contributed by atoms with Gasteiger partial charge in [-0.05, 0) is 37.0 Å². The Morgan fingerprint density at radius 1 is 1.38 bits per heavy atom. The summed E-state index contributed by atoms with van der Waals surface area (Å²) in [7, 11) is 0.